The number of fused-ring (bicyclic) bond motifs is 1. The molecule has 0 saturated heterocycles. The van der Waals surface area contributed by atoms with Crippen molar-refractivity contribution in [3.8, 4) is 0 Å². The molecule has 2 aromatic heterocycles. The number of anilines is 1. The quantitative estimate of drug-likeness (QED) is 0.629. The molecule has 3 aromatic rings. The Morgan fingerprint density at radius 1 is 1.13 bits per heavy atom. The first-order valence-electron chi connectivity index (χ1n) is 7.85. The fourth-order valence-electron chi connectivity index (χ4n) is 2.75. The van der Waals surface area contributed by atoms with E-state index < -0.39 is 0 Å². The molecule has 0 amide bonds. The second-order valence-corrected chi connectivity index (χ2v) is 5.55. The van der Waals surface area contributed by atoms with Gasteiger partial charge in [0.25, 0.3) is 0 Å². The summed E-state index contributed by atoms with van der Waals surface area (Å²) in [6, 6.07) is 14.2. The number of methoxy groups -OCH3 is 1. The van der Waals surface area contributed by atoms with Crippen LogP contribution >= 0.6 is 0 Å². The number of nitrogens with zero attached hydrogens (tertiary/aromatic N) is 4. The summed E-state index contributed by atoms with van der Waals surface area (Å²) in [7, 11) is 3.80. The second kappa shape index (κ2) is 7.24. The normalized spacial score (nSPS) is 11.0. The fraction of sp³-hybridized carbons (Fsp3) is 0.333. The predicted molar refractivity (Wildman–Crippen MR) is 92.5 cm³/mol. The van der Waals surface area contributed by atoms with Gasteiger partial charge in [-0.25, -0.2) is 4.98 Å². The molecule has 0 aliphatic heterocycles. The molecule has 0 N–H and O–H groups in total. The molecule has 3 rings (SSSR count). The fourth-order valence-corrected chi connectivity index (χ4v) is 2.75. The SMILES string of the molecule is COCCCN(Cc1ccccn1)c1nc2ccccc2n1C. The van der Waals surface area contributed by atoms with Crippen molar-refractivity contribution in [2.45, 2.75) is 13.0 Å². The van der Waals surface area contributed by atoms with Crippen LogP contribution < -0.4 is 4.90 Å². The summed E-state index contributed by atoms with van der Waals surface area (Å²) in [5, 5.41) is 0. The van der Waals surface area contributed by atoms with Crippen molar-refractivity contribution in [1.82, 2.24) is 14.5 Å². The molecule has 1 aromatic carbocycles. The van der Waals surface area contributed by atoms with Crippen LogP contribution in [0.15, 0.2) is 48.7 Å². The topological polar surface area (TPSA) is 43.2 Å². The maximum Gasteiger partial charge on any atom is 0.206 e. The molecule has 0 atom stereocenters. The zero-order chi connectivity index (χ0) is 16.1. The van der Waals surface area contributed by atoms with Crippen molar-refractivity contribution < 1.29 is 4.74 Å². The van der Waals surface area contributed by atoms with Crippen molar-refractivity contribution in [3.05, 3.63) is 54.4 Å². The minimum atomic E-state index is 0.738. The molecule has 0 unspecified atom stereocenters. The van der Waals surface area contributed by atoms with Gasteiger partial charge in [-0.1, -0.05) is 18.2 Å². The highest BCUT2D eigenvalue weighted by atomic mass is 16.5. The average molecular weight is 310 g/mol. The predicted octanol–water partition coefficient (Wildman–Crippen LogP) is 3.01. The summed E-state index contributed by atoms with van der Waals surface area (Å²) in [6.07, 6.45) is 2.78. The standard InChI is InChI=1S/C18H22N4O/c1-21-17-10-4-3-9-16(17)20-18(21)22(12-7-13-23-2)14-15-8-5-6-11-19-15/h3-6,8-11H,7,12-14H2,1-2H3. The van der Waals surface area contributed by atoms with Crippen LogP contribution in [-0.2, 0) is 18.3 Å². The van der Waals surface area contributed by atoms with Crippen LogP contribution in [0, 0.1) is 0 Å². The molecular formula is C18H22N4O. The third-order valence-electron chi connectivity index (χ3n) is 3.90. The first kappa shape index (κ1) is 15.5. The third-order valence-corrected chi connectivity index (χ3v) is 3.90. The molecule has 2 heterocycles. The second-order valence-electron chi connectivity index (χ2n) is 5.55. The van der Waals surface area contributed by atoms with Crippen molar-refractivity contribution in [2.75, 3.05) is 25.2 Å². The van der Waals surface area contributed by atoms with Gasteiger partial charge in [0.2, 0.25) is 5.95 Å². The first-order valence-corrected chi connectivity index (χ1v) is 7.85. The lowest BCUT2D eigenvalue weighted by Gasteiger charge is -2.23. The summed E-state index contributed by atoms with van der Waals surface area (Å²) in [5.41, 5.74) is 3.19. The molecule has 0 radical (unpaired) electrons. The summed E-state index contributed by atoms with van der Waals surface area (Å²) in [6.45, 7) is 2.35. The van der Waals surface area contributed by atoms with E-state index in [0.29, 0.717) is 0 Å². The number of hydrogen-bond donors (Lipinski definition) is 0. The Bertz CT molecular complexity index is 754. The highest BCUT2D eigenvalue weighted by molar-refractivity contribution is 5.78. The van der Waals surface area contributed by atoms with E-state index in [4.69, 9.17) is 9.72 Å². The number of para-hydroxylation sites is 2. The van der Waals surface area contributed by atoms with Crippen molar-refractivity contribution in [3.63, 3.8) is 0 Å². The maximum absolute atomic E-state index is 5.20. The number of hydrogen-bond acceptors (Lipinski definition) is 4. The molecule has 0 saturated carbocycles. The van der Waals surface area contributed by atoms with E-state index in [1.165, 1.54) is 0 Å². The number of ether oxygens (including phenoxy) is 1. The Labute approximate surface area is 136 Å². The Kier molecular flexibility index (Phi) is 4.88. The van der Waals surface area contributed by atoms with Crippen molar-refractivity contribution >= 4 is 17.0 Å². The zero-order valence-electron chi connectivity index (χ0n) is 13.6. The summed E-state index contributed by atoms with van der Waals surface area (Å²) in [4.78, 5) is 11.5. The van der Waals surface area contributed by atoms with Gasteiger partial charge in [-0.15, -0.1) is 0 Å². The monoisotopic (exact) mass is 310 g/mol. The Morgan fingerprint density at radius 2 is 1.96 bits per heavy atom. The smallest absolute Gasteiger partial charge is 0.206 e. The first-order chi connectivity index (χ1) is 11.3. The minimum Gasteiger partial charge on any atom is -0.385 e. The molecule has 5 nitrogen and oxygen atoms in total. The molecular weight excluding hydrogens is 288 g/mol. The van der Waals surface area contributed by atoms with E-state index in [-0.39, 0.29) is 0 Å². The molecule has 0 aliphatic carbocycles. The summed E-state index contributed by atoms with van der Waals surface area (Å²) in [5.74, 6) is 0.966. The number of benzene rings is 1. The largest absolute Gasteiger partial charge is 0.385 e. The van der Waals surface area contributed by atoms with Crippen LogP contribution in [-0.4, -0.2) is 34.8 Å². The summed E-state index contributed by atoms with van der Waals surface area (Å²) < 4.78 is 7.34. The maximum atomic E-state index is 5.20. The average Bonchev–Trinajstić information content (AvgIpc) is 2.92. The van der Waals surface area contributed by atoms with Crippen LogP contribution in [0.5, 0.6) is 0 Å². The van der Waals surface area contributed by atoms with Crippen LogP contribution in [0.1, 0.15) is 12.1 Å². The van der Waals surface area contributed by atoms with E-state index in [9.17, 15) is 0 Å². The van der Waals surface area contributed by atoms with E-state index in [0.717, 1.165) is 48.8 Å². The molecule has 0 aliphatic rings. The van der Waals surface area contributed by atoms with Gasteiger partial charge < -0.3 is 14.2 Å². The van der Waals surface area contributed by atoms with E-state index in [2.05, 4.69) is 27.6 Å². The van der Waals surface area contributed by atoms with Crippen molar-refractivity contribution in [1.29, 1.82) is 0 Å². The Morgan fingerprint density at radius 3 is 2.70 bits per heavy atom. The molecule has 0 fully saturated rings. The van der Waals surface area contributed by atoms with Crippen LogP contribution in [0.4, 0.5) is 5.95 Å². The van der Waals surface area contributed by atoms with E-state index >= 15 is 0 Å². The van der Waals surface area contributed by atoms with E-state index in [1.807, 2.05) is 42.6 Å². The number of rotatable bonds is 7. The lowest BCUT2D eigenvalue weighted by molar-refractivity contribution is 0.196. The van der Waals surface area contributed by atoms with Crippen LogP contribution in [0.3, 0.4) is 0 Å². The highest BCUT2D eigenvalue weighted by Gasteiger charge is 2.15. The molecule has 0 spiro atoms. The van der Waals surface area contributed by atoms with Gasteiger partial charge in [-0.3, -0.25) is 4.98 Å². The zero-order valence-corrected chi connectivity index (χ0v) is 13.6. The van der Waals surface area contributed by atoms with Gasteiger partial charge in [-0.05, 0) is 30.7 Å². The minimum absolute atomic E-state index is 0.738. The molecule has 23 heavy (non-hydrogen) atoms. The number of imidazole rings is 1. The number of aryl methyl sites for hydroxylation is 1. The van der Waals surface area contributed by atoms with E-state index in [1.54, 1.807) is 7.11 Å². The molecule has 0 bridgehead atoms. The van der Waals surface area contributed by atoms with Crippen molar-refractivity contribution in [2.24, 2.45) is 7.05 Å². The van der Waals surface area contributed by atoms with Gasteiger partial charge >= 0.3 is 0 Å². The van der Waals surface area contributed by atoms with Gasteiger partial charge in [0.05, 0.1) is 23.3 Å². The number of pyridine rings is 1. The van der Waals surface area contributed by atoms with Gasteiger partial charge in [0.1, 0.15) is 0 Å². The molecule has 120 valence electrons. The van der Waals surface area contributed by atoms with Crippen LogP contribution in [0.2, 0.25) is 0 Å². The van der Waals surface area contributed by atoms with Gasteiger partial charge in [0.15, 0.2) is 0 Å². The van der Waals surface area contributed by atoms with Gasteiger partial charge in [-0.2, -0.15) is 0 Å². The lowest BCUT2D eigenvalue weighted by Crippen LogP contribution is -2.27. The summed E-state index contributed by atoms with van der Waals surface area (Å²) >= 11 is 0. The Hall–Kier alpha value is -2.40. The third kappa shape index (κ3) is 3.51. The van der Waals surface area contributed by atoms with Gasteiger partial charge in [0, 0.05) is 33.5 Å². The highest BCUT2D eigenvalue weighted by Crippen LogP contribution is 2.22. The molecule has 5 heteroatoms. The van der Waals surface area contributed by atoms with Crippen LogP contribution in [0.25, 0.3) is 11.0 Å². The Balaban J connectivity index is 1.90. The lowest BCUT2D eigenvalue weighted by atomic mass is 10.3. The number of aromatic nitrogens is 3.